The van der Waals surface area contributed by atoms with Crippen LogP contribution in [0, 0.1) is 11.8 Å². The smallest absolute Gasteiger partial charge is 0.223 e. The fourth-order valence-electron chi connectivity index (χ4n) is 1.70. The summed E-state index contributed by atoms with van der Waals surface area (Å²) in [5.41, 5.74) is 5.74. The molecule has 2 unspecified atom stereocenters. The molecule has 0 radical (unpaired) electrons. The van der Waals surface area contributed by atoms with E-state index in [-0.39, 0.29) is 30.3 Å². The lowest BCUT2D eigenvalue weighted by Gasteiger charge is -2.12. The number of halogens is 1. The molecule has 0 aromatic heterocycles. The van der Waals surface area contributed by atoms with E-state index < -0.39 is 0 Å². The number of nitrogens with two attached hydrogens (primary N) is 1. The van der Waals surface area contributed by atoms with E-state index in [4.69, 9.17) is 5.73 Å². The fourth-order valence-corrected chi connectivity index (χ4v) is 1.70. The van der Waals surface area contributed by atoms with Crippen molar-refractivity contribution >= 4 is 18.3 Å². The second kappa shape index (κ2) is 6.25. The maximum atomic E-state index is 11.5. The van der Waals surface area contributed by atoms with Gasteiger partial charge in [-0.05, 0) is 25.2 Å². The summed E-state index contributed by atoms with van der Waals surface area (Å²) in [4.78, 5) is 11.5. The van der Waals surface area contributed by atoms with E-state index in [0.29, 0.717) is 5.92 Å². The molecule has 1 rings (SSSR count). The number of hydrogen-bond acceptors (Lipinski definition) is 2. The molecule has 0 aliphatic heterocycles. The molecular weight excluding hydrogens is 200 g/mol. The number of carbonyl (C=O) groups is 1. The Morgan fingerprint density at radius 2 is 2.14 bits per heavy atom. The van der Waals surface area contributed by atoms with Crippen LogP contribution >= 0.6 is 12.4 Å². The van der Waals surface area contributed by atoms with E-state index in [9.17, 15) is 4.79 Å². The van der Waals surface area contributed by atoms with Crippen molar-refractivity contribution in [3.05, 3.63) is 0 Å². The van der Waals surface area contributed by atoms with Crippen molar-refractivity contribution in [2.75, 3.05) is 6.54 Å². The molecule has 0 aromatic carbocycles. The number of amides is 1. The van der Waals surface area contributed by atoms with Gasteiger partial charge in [-0.1, -0.05) is 13.8 Å². The SMILES string of the molecule is CC(C)CNC(=O)C1CCC(N)C1.Cl. The molecule has 0 spiro atoms. The van der Waals surface area contributed by atoms with E-state index in [0.717, 1.165) is 25.8 Å². The van der Waals surface area contributed by atoms with Crippen LogP contribution in [0.1, 0.15) is 33.1 Å². The van der Waals surface area contributed by atoms with Gasteiger partial charge < -0.3 is 11.1 Å². The molecule has 14 heavy (non-hydrogen) atoms. The second-order valence-electron chi connectivity index (χ2n) is 4.41. The van der Waals surface area contributed by atoms with E-state index in [1.807, 2.05) is 0 Å². The van der Waals surface area contributed by atoms with Crippen molar-refractivity contribution in [3.8, 4) is 0 Å². The minimum absolute atomic E-state index is 0. The minimum Gasteiger partial charge on any atom is -0.356 e. The van der Waals surface area contributed by atoms with Gasteiger partial charge in [-0.2, -0.15) is 0 Å². The van der Waals surface area contributed by atoms with Gasteiger partial charge in [0, 0.05) is 18.5 Å². The van der Waals surface area contributed by atoms with E-state index in [1.54, 1.807) is 0 Å². The standard InChI is InChI=1S/C10H20N2O.ClH/c1-7(2)6-12-10(13)8-3-4-9(11)5-8;/h7-9H,3-6,11H2,1-2H3,(H,12,13);1H. The van der Waals surface area contributed by atoms with E-state index in [2.05, 4.69) is 19.2 Å². The van der Waals surface area contributed by atoms with Crippen LogP contribution in [-0.4, -0.2) is 18.5 Å². The van der Waals surface area contributed by atoms with Gasteiger partial charge in [-0.3, -0.25) is 4.79 Å². The highest BCUT2D eigenvalue weighted by molar-refractivity contribution is 5.85. The Kier molecular flexibility index (Phi) is 6.12. The van der Waals surface area contributed by atoms with Gasteiger partial charge in [-0.15, -0.1) is 12.4 Å². The lowest BCUT2D eigenvalue weighted by Crippen LogP contribution is -2.32. The van der Waals surface area contributed by atoms with Crippen LogP contribution in [0.4, 0.5) is 0 Å². The van der Waals surface area contributed by atoms with E-state index >= 15 is 0 Å². The molecule has 1 aliphatic rings. The topological polar surface area (TPSA) is 55.1 Å². The summed E-state index contributed by atoms with van der Waals surface area (Å²) < 4.78 is 0. The van der Waals surface area contributed by atoms with Gasteiger partial charge in [0.15, 0.2) is 0 Å². The molecule has 1 saturated carbocycles. The van der Waals surface area contributed by atoms with Crippen molar-refractivity contribution < 1.29 is 4.79 Å². The van der Waals surface area contributed by atoms with Gasteiger partial charge in [-0.25, -0.2) is 0 Å². The zero-order valence-electron chi connectivity index (χ0n) is 8.95. The minimum atomic E-state index is 0. The van der Waals surface area contributed by atoms with Gasteiger partial charge in [0.2, 0.25) is 5.91 Å². The molecule has 3 nitrogen and oxygen atoms in total. The van der Waals surface area contributed by atoms with Gasteiger partial charge in [0.05, 0.1) is 0 Å². The zero-order chi connectivity index (χ0) is 9.84. The first-order valence-electron chi connectivity index (χ1n) is 5.13. The largest absolute Gasteiger partial charge is 0.356 e. The molecular formula is C10H21ClN2O. The number of nitrogens with one attached hydrogen (secondary N) is 1. The Morgan fingerprint density at radius 3 is 2.57 bits per heavy atom. The highest BCUT2D eigenvalue weighted by Gasteiger charge is 2.27. The number of rotatable bonds is 3. The third kappa shape index (κ3) is 4.29. The maximum Gasteiger partial charge on any atom is 0.223 e. The average Bonchev–Trinajstić information content (AvgIpc) is 2.47. The van der Waals surface area contributed by atoms with Crippen molar-refractivity contribution in [1.82, 2.24) is 5.32 Å². The summed E-state index contributed by atoms with van der Waals surface area (Å²) in [6.07, 6.45) is 2.83. The predicted molar refractivity (Wildman–Crippen MR) is 60.4 cm³/mol. The lowest BCUT2D eigenvalue weighted by atomic mass is 10.1. The quantitative estimate of drug-likeness (QED) is 0.754. The molecule has 0 aromatic rings. The highest BCUT2D eigenvalue weighted by Crippen LogP contribution is 2.23. The molecule has 3 N–H and O–H groups in total. The van der Waals surface area contributed by atoms with Gasteiger partial charge in [0.25, 0.3) is 0 Å². The van der Waals surface area contributed by atoms with Gasteiger partial charge >= 0.3 is 0 Å². The molecule has 0 bridgehead atoms. The van der Waals surface area contributed by atoms with Crippen LogP contribution in [0.3, 0.4) is 0 Å². The first-order valence-corrected chi connectivity index (χ1v) is 5.13. The lowest BCUT2D eigenvalue weighted by molar-refractivity contribution is -0.124. The summed E-state index contributed by atoms with van der Waals surface area (Å²) in [6.45, 7) is 4.98. The molecule has 4 heteroatoms. The third-order valence-corrected chi connectivity index (χ3v) is 2.53. The van der Waals surface area contributed by atoms with Crippen LogP contribution in [0.2, 0.25) is 0 Å². The van der Waals surface area contributed by atoms with Crippen LogP contribution in [-0.2, 0) is 4.79 Å². The summed E-state index contributed by atoms with van der Waals surface area (Å²) >= 11 is 0. The Morgan fingerprint density at radius 1 is 1.50 bits per heavy atom. The Labute approximate surface area is 92.2 Å². The zero-order valence-corrected chi connectivity index (χ0v) is 9.77. The number of carbonyl (C=O) groups excluding carboxylic acids is 1. The van der Waals surface area contributed by atoms with Crippen molar-refractivity contribution in [3.63, 3.8) is 0 Å². The second-order valence-corrected chi connectivity index (χ2v) is 4.41. The summed E-state index contributed by atoms with van der Waals surface area (Å²) in [5.74, 6) is 0.898. The van der Waals surface area contributed by atoms with Crippen molar-refractivity contribution in [2.24, 2.45) is 17.6 Å². The molecule has 2 atom stereocenters. The Hall–Kier alpha value is -0.280. The molecule has 1 amide bonds. The van der Waals surface area contributed by atoms with E-state index in [1.165, 1.54) is 0 Å². The monoisotopic (exact) mass is 220 g/mol. The number of hydrogen-bond donors (Lipinski definition) is 2. The van der Waals surface area contributed by atoms with Crippen LogP contribution < -0.4 is 11.1 Å². The van der Waals surface area contributed by atoms with Crippen LogP contribution in [0.15, 0.2) is 0 Å². The normalized spacial score (nSPS) is 26.0. The van der Waals surface area contributed by atoms with Crippen LogP contribution in [0.25, 0.3) is 0 Å². The van der Waals surface area contributed by atoms with Gasteiger partial charge in [0.1, 0.15) is 0 Å². The fraction of sp³-hybridized carbons (Fsp3) is 0.900. The Balaban J connectivity index is 0.00000169. The predicted octanol–water partition coefficient (Wildman–Crippen LogP) is 1.31. The molecule has 1 fully saturated rings. The highest BCUT2D eigenvalue weighted by atomic mass is 35.5. The third-order valence-electron chi connectivity index (χ3n) is 2.53. The van der Waals surface area contributed by atoms with Crippen molar-refractivity contribution in [2.45, 2.75) is 39.2 Å². The molecule has 0 heterocycles. The van der Waals surface area contributed by atoms with Crippen LogP contribution in [0.5, 0.6) is 0 Å². The first kappa shape index (κ1) is 13.7. The average molecular weight is 221 g/mol. The molecule has 1 aliphatic carbocycles. The first-order chi connectivity index (χ1) is 6.09. The molecule has 0 saturated heterocycles. The summed E-state index contributed by atoms with van der Waals surface area (Å²) in [5, 5.41) is 2.95. The molecule has 84 valence electrons. The van der Waals surface area contributed by atoms with Crippen molar-refractivity contribution in [1.29, 1.82) is 0 Å². The summed E-state index contributed by atoms with van der Waals surface area (Å²) in [6, 6.07) is 0.245. The summed E-state index contributed by atoms with van der Waals surface area (Å²) in [7, 11) is 0. The maximum absolute atomic E-state index is 11.5. The Bertz CT molecular complexity index is 185.